The van der Waals surface area contributed by atoms with Crippen LogP contribution < -0.4 is 0 Å². The first-order chi connectivity index (χ1) is 9.58. The molecule has 5 heteroatoms. The van der Waals surface area contributed by atoms with E-state index < -0.39 is 18.2 Å². The van der Waals surface area contributed by atoms with Crippen LogP contribution in [0.2, 0.25) is 0 Å². The number of carbonyl (C=O) groups excluding carboxylic acids is 1. The third kappa shape index (κ3) is 5.42. The first kappa shape index (κ1) is 12.0. The molecule has 104 valence electrons. The van der Waals surface area contributed by atoms with Crippen molar-refractivity contribution >= 4 is 12.3 Å². The molecule has 0 atom stereocenters. The molecule has 1 aromatic rings. The van der Waals surface area contributed by atoms with Gasteiger partial charge in [0.15, 0.2) is 0 Å². The molecule has 0 aliphatic carbocycles. The standard InChI is InChI=1S/C14H20N2O3/c1-14(2,3)19-13(17)16(4)10-12-7-5-11(6-8-12)9-15-18/h5-9,18H,10H2,1-4H3/b15-9+/i10D2. The third-order valence-corrected chi connectivity index (χ3v) is 2.08. The molecule has 0 aromatic heterocycles. The van der Waals surface area contributed by atoms with Crippen LogP contribution in [0.3, 0.4) is 0 Å². The van der Waals surface area contributed by atoms with Crippen LogP contribution in [-0.2, 0) is 11.2 Å². The Morgan fingerprint density at radius 2 is 2.05 bits per heavy atom. The summed E-state index contributed by atoms with van der Waals surface area (Å²) in [5.41, 5.74) is 0.228. The van der Waals surface area contributed by atoms with Gasteiger partial charge in [0, 0.05) is 13.5 Å². The molecule has 0 heterocycles. The van der Waals surface area contributed by atoms with Crippen molar-refractivity contribution in [2.45, 2.75) is 32.9 Å². The van der Waals surface area contributed by atoms with E-state index in [4.69, 9.17) is 12.7 Å². The highest BCUT2D eigenvalue weighted by atomic mass is 16.6. The Kier molecular flexibility index (Phi) is 3.94. The zero-order valence-corrected chi connectivity index (χ0v) is 11.5. The molecule has 19 heavy (non-hydrogen) atoms. The molecule has 0 bridgehead atoms. The summed E-state index contributed by atoms with van der Waals surface area (Å²) in [4.78, 5) is 12.9. The molecular weight excluding hydrogens is 244 g/mol. The summed E-state index contributed by atoms with van der Waals surface area (Å²) in [6, 6.07) is 6.24. The summed E-state index contributed by atoms with van der Waals surface area (Å²) in [5.74, 6) is 0. The molecule has 0 saturated carbocycles. The van der Waals surface area contributed by atoms with E-state index in [9.17, 15) is 4.79 Å². The summed E-state index contributed by atoms with van der Waals surface area (Å²) >= 11 is 0. The summed E-state index contributed by atoms with van der Waals surface area (Å²) in [5, 5.41) is 11.3. The number of hydrogen-bond donors (Lipinski definition) is 1. The first-order valence-electron chi connectivity index (χ1n) is 6.83. The van der Waals surface area contributed by atoms with E-state index in [1.165, 1.54) is 25.4 Å². The minimum absolute atomic E-state index is 0.297. The van der Waals surface area contributed by atoms with Crippen molar-refractivity contribution in [3.8, 4) is 0 Å². The minimum Gasteiger partial charge on any atom is -0.444 e. The maximum Gasteiger partial charge on any atom is 0.410 e. The molecule has 1 aromatic carbocycles. The molecule has 0 fully saturated rings. The van der Waals surface area contributed by atoms with Crippen LogP contribution in [0.15, 0.2) is 29.4 Å². The van der Waals surface area contributed by atoms with Gasteiger partial charge >= 0.3 is 6.09 Å². The Morgan fingerprint density at radius 3 is 2.53 bits per heavy atom. The molecule has 0 saturated heterocycles. The van der Waals surface area contributed by atoms with Gasteiger partial charge in [0.25, 0.3) is 0 Å². The van der Waals surface area contributed by atoms with Crippen molar-refractivity contribution in [2.24, 2.45) is 5.16 Å². The lowest BCUT2D eigenvalue weighted by Gasteiger charge is -2.24. The fraction of sp³-hybridized carbons (Fsp3) is 0.429. The number of benzene rings is 1. The van der Waals surface area contributed by atoms with Crippen LogP contribution in [0, 0.1) is 0 Å². The van der Waals surface area contributed by atoms with Crippen molar-refractivity contribution in [3.63, 3.8) is 0 Å². The maximum atomic E-state index is 12.0. The lowest BCUT2D eigenvalue weighted by atomic mass is 10.1. The molecule has 1 amide bonds. The van der Waals surface area contributed by atoms with Gasteiger partial charge in [-0.3, -0.25) is 0 Å². The van der Waals surface area contributed by atoms with Crippen molar-refractivity contribution in [3.05, 3.63) is 35.4 Å². The van der Waals surface area contributed by atoms with Gasteiger partial charge in [0.1, 0.15) is 5.60 Å². The lowest BCUT2D eigenvalue weighted by Crippen LogP contribution is -2.33. The second-order valence-electron chi connectivity index (χ2n) is 5.02. The average molecular weight is 266 g/mol. The van der Waals surface area contributed by atoms with E-state index in [0.717, 1.165) is 4.90 Å². The Hall–Kier alpha value is -2.04. The van der Waals surface area contributed by atoms with Gasteiger partial charge in [-0.2, -0.15) is 0 Å². The number of oxime groups is 1. The predicted octanol–water partition coefficient (Wildman–Crippen LogP) is 2.86. The summed E-state index contributed by atoms with van der Waals surface area (Å²) < 4.78 is 21.3. The van der Waals surface area contributed by atoms with Crippen LogP contribution in [0.1, 0.15) is 34.6 Å². The van der Waals surface area contributed by atoms with Gasteiger partial charge in [0.2, 0.25) is 0 Å². The van der Waals surface area contributed by atoms with E-state index in [2.05, 4.69) is 5.16 Å². The number of nitrogens with zero attached hydrogens (tertiary/aromatic N) is 2. The van der Waals surface area contributed by atoms with Crippen LogP contribution >= 0.6 is 0 Å². The molecule has 0 unspecified atom stereocenters. The molecule has 0 aliphatic heterocycles. The summed E-state index contributed by atoms with van der Waals surface area (Å²) in [6.07, 6.45) is 0.491. The fourth-order valence-electron chi connectivity index (χ4n) is 1.28. The molecular formula is C14H20N2O3. The van der Waals surface area contributed by atoms with E-state index in [-0.39, 0.29) is 0 Å². The van der Waals surface area contributed by atoms with E-state index >= 15 is 0 Å². The number of carbonyl (C=O) groups is 1. The van der Waals surface area contributed by atoms with E-state index in [0.29, 0.717) is 11.1 Å². The van der Waals surface area contributed by atoms with Crippen molar-refractivity contribution in [1.29, 1.82) is 0 Å². The van der Waals surface area contributed by atoms with Gasteiger partial charge in [0.05, 0.1) is 8.96 Å². The van der Waals surface area contributed by atoms with Gasteiger partial charge in [-0.15, -0.1) is 0 Å². The lowest BCUT2D eigenvalue weighted by molar-refractivity contribution is 0.0285. The largest absolute Gasteiger partial charge is 0.444 e. The minimum atomic E-state index is -2.02. The molecule has 1 rings (SSSR count). The number of ether oxygens (including phenoxy) is 1. The molecule has 0 radical (unpaired) electrons. The van der Waals surface area contributed by atoms with Gasteiger partial charge < -0.3 is 14.8 Å². The second-order valence-corrected chi connectivity index (χ2v) is 5.02. The summed E-state index contributed by atoms with van der Waals surface area (Å²) in [6.45, 7) is 3.14. The summed E-state index contributed by atoms with van der Waals surface area (Å²) in [7, 11) is 1.34. The first-order valence-corrected chi connectivity index (χ1v) is 5.83. The Labute approximate surface area is 116 Å². The van der Waals surface area contributed by atoms with Crippen LogP contribution in [0.25, 0.3) is 0 Å². The number of amides is 1. The third-order valence-electron chi connectivity index (χ3n) is 2.08. The van der Waals surface area contributed by atoms with Gasteiger partial charge in [-0.25, -0.2) is 4.79 Å². The topological polar surface area (TPSA) is 62.1 Å². The highest BCUT2D eigenvalue weighted by Gasteiger charge is 2.19. The Balaban J connectivity index is 2.95. The quantitative estimate of drug-likeness (QED) is 0.520. The highest BCUT2D eigenvalue weighted by Crippen LogP contribution is 2.11. The second kappa shape index (κ2) is 6.22. The van der Waals surface area contributed by atoms with Crippen LogP contribution in [0.4, 0.5) is 4.79 Å². The SMILES string of the molecule is [2H]C([2H])(c1ccc(/C=N/O)cc1)N(C)C(=O)OC(C)(C)C. The predicted molar refractivity (Wildman–Crippen MR) is 73.5 cm³/mol. The number of hydrogen-bond acceptors (Lipinski definition) is 4. The maximum absolute atomic E-state index is 12.0. The van der Waals surface area contributed by atoms with Crippen LogP contribution in [0.5, 0.6) is 0 Å². The monoisotopic (exact) mass is 266 g/mol. The zero-order valence-electron chi connectivity index (χ0n) is 13.5. The zero-order chi connectivity index (χ0) is 16.3. The van der Waals surface area contributed by atoms with Crippen molar-refractivity contribution in [2.75, 3.05) is 7.05 Å². The van der Waals surface area contributed by atoms with Crippen molar-refractivity contribution < 1.29 is 17.5 Å². The average Bonchev–Trinajstić information content (AvgIpc) is 2.37. The molecule has 5 nitrogen and oxygen atoms in total. The Bertz CT molecular complexity index is 522. The molecule has 0 aliphatic rings. The molecule has 0 spiro atoms. The highest BCUT2D eigenvalue weighted by molar-refractivity contribution is 5.79. The fourth-order valence-corrected chi connectivity index (χ4v) is 1.28. The Morgan fingerprint density at radius 1 is 1.47 bits per heavy atom. The smallest absolute Gasteiger partial charge is 0.410 e. The van der Waals surface area contributed by atoms with Gasteiger partial charge in [-0.1, -0.05) is 29.4 Å². The normalized spacial score (nSPS) is 13.9. The molecule has 1 N–H and O–H groups in total. The van der Waals surface area contributed by atoms with Gasteiger partial charge in [-0.05, 0) is 31.9 Å². The van der Waals surface area contributed by atoms with E-state index in [1.54, 1.807) is 32.9 Å². The van der Waals surface area contributed by atoms with Crippen LogP contribution in [-0.4, -0.2) is 35.1 Å². The van der Waals surface area contributed by atoms with Crippen molar-refractivity contribution in [1.82, 2.24) is 4.90 Å². The van der Waals surface area contributed by atoms with E-state index in [1.807, 2.05) is 0 Å². The number of rotatable bonds is 3.